The zero-order chi connectivity index (χ0) is 28.8. The van der Waals surface area contributed by atoms with Crippen molar-refractivity contribution in [2.45, 2.75) is 84.9 Å². The monoisotopic (exact) mass is 545 g/mol. The molecule has 0 aliphatic heterocycles. The Hall–Kier alpha value is -2.84. The number of nitrogens with one attached hydrogen (secondary N) is 2. The third-order valence-electron chi connectivity index (χ3n) is 6.67. The first kappa shape index (κ1) is 32.4. The number of rotatable bonds is 17. The van der Waals surface area contributed by atoms with Gasteiger partial charge in [-0.2, -0.15) is 0 Å². The van der Waals surface area contributed by atoms with Crippen molar-refractivity contribution in [1.29, 1.82) is 0 Å². The maximum absolute atomic E-state index is 13.8. The largest absolute Gasteiger partial charge is 0.390 e. The highest BCUT2D eigenvalue weighted by atomic mass is 19.1. The topological polar surface area (TPSA) is 81.7 Å². The van der Waals surface area contributed by atoms with Gasteiger partial charge in [0.25, 0.3) is 0 Å². The summed E-state index contributed by atoms with van der Waals surface area (Å²) in [5.41, 5.74) is 2.63. The molecule has 0 spiro atoms. The Labute approximate surface area is 232 Å². The second kappa shape index (κ2) is 17.0. The van der Waals surface area contributed by atoms with Gasteiger partial charge in [-0.3, -0.25) is 9.59 Å². The summed E-state index contributed by atoms with van der Waals surface area (Å²) in [6.07, 6.45) is 2.09. The molecule has 0 bridgehead atoms. The van der Waals surface area contributed by atoms with Gasteiger partial charge in [0.1, 0.15) is 11.6 Å². The van der Waals surface area contributed by atoms with E-state index < -0.39 is 23.8 Å². The maximum atomic E-state index is 13.8. The summed E-state index contributed by atoms with van der Waals surface area (Å²) in [6.45, 7) is 10.1. The van der Waals surface area contributed by atoms with Gasteiger partial charge in [0.15, 0.2) is 0 Å². The molecule has 2 rings (SSSR count). The SMILES string of the molecule is CCCN(CCC)C(=O)CC(C)CC(=O)N[C@@H](Cc1cc(F)cc(F)c1)[C@H](O)CNCc1cccc(CC)c1. The van der Waals surface area contributed by atoms with E-state index in [0.717, 1.165) is 30.9 Å². The lowest BCUT2D eigenvalue weighted by atomic mass is 9.98. The summed E-state index contributed by atoms with van der Waals surface area (Å²) >= 11 is 0. The van der Waals surface area contributed by atoms with Gasteiger partial charge >= 0.3 is 0 Å². The van der Waals surface area contributed by atoms with Gasteiger partial charge in [0, 0.05) is 45.1 Å². The van der Waals surface area contributed by atoms with Crippen LogP contribution >= 0.6 is 0 Å². The molecule has 8 heteroatoms. The number of aliphatic hydroxyl groups excluding tert-OH is 1. The Morgan fingerprint density at radius 1 is 0.923 bits per heavy atom. The summed E-state index contributed by atoms with van der Waals surface area (Å²) in [5.74, 6) is -1.91. The van der Waals surface area contributed by atoms with E-state index in [9.17, 15) is 23.5 Å². The van der Waals surface area contributed by atoms with Crippen LogP contribution in [0.2, 0.25) is 0 Å². The highest BCUT2D eigenvalue weighted by Crippen LogP contribution is 2.15. The predicted molar refractivity (Wildman–Crippen MR) is 151 cm³/mol. The van der Waals surface area contributed by atoms with Gasteiger partial charge in [-0.05, 0) is 60.4 Å². The standard InChI is InChI=1S/C31H45F2N3O3/c1-5-11-36(12-6-2)31(39)14-22(4)13-30(38)35-28(18-25-16-26(32)19-27(33)17-25)29(37)21-34-20-24-10-8-9-23(7-3)15-24/h8-10,15-17,19,22,28-29,34,37H,5-7,11-14,18,20-21H2,1-4H3,(H,35,38)/t22?,28-,29+/m0/s1. The molecule has 0 aliphatic carbocycles. The highest BCUT2D eigenvalue weighted by Gasteiger charge is 2.24. The van der Waals surface area contributed by atoms with Crippen LogP contribution in [0.4, 0.5) is 8.78 Å². The lowest BCUT2D eigenvalue weighted by molar-refractivity contribution is -0.132. The average molecular weight is 546 g/mol. The van der Waals surface area contributed by atoms with E-state index in [-0.39, 0.29) is 43.5 Å². The second-order valence-electron chi connectivity index (χ2n) is 10.4. The first-order valence-corrected chi connectivity index (χ1v) is 14.1. The molecule has 6 nitrogen and oxygen atoms in total. The molecule has 1 unspecified atom stereocenters. The number of hydrogen-bond acceptors (Lipinski definition) is 4. The molecule has 0 radical (unpaired) electrons. The summed E-state index contributed by atoms with van der Waals surface area (Å²) in [6, 6.07) is 10.6. The predicted octanol–water partition coefficient (Wildman–Crippen LogP) is 4.77. The third-order valence-corrected chi connectivity index (χ3v) is 6.67. The van der Waals surface area contributed by atoms with E-state index in [1.807, 2.05) is 37.8 Å². The van der Waals surface area contributed by atoms with E-state index in [0.29, 0.717) is 25.2 Å². The Bertz CT molecular complexity index is 1020. The highest BCUT2D eigenvalue weighted by molar-refractivity contribution is 5.79. The molecular weight excluding hydrogens is 500 g/mol. The molecule has 0 aromatic heterocycles. The van der Waals surface area contributed by atoms with E-state index in [2.05, 4.69) is 29.7 Å². The lowest BCUT2D eigenvalue weighted by Gasteiger charge is -2.26. The summed E-state index contributed by atoms with van der Waals surface area (Å²) in [4.78, 5) is 27.5. The minimum absolute atomic E-state index is 0.0298. The minimum Gasteiger partial charge on any atom is -0.390 e. The summed E-state index contributed by atoms with van der Waals surface area (Å²) in [5, 5.41) is 17.1. The molecule has 0 heterocycles. The molecule has 0 aliphatic rings. The van der Waals surface area contributed by atoms with E-state index >= 15 is 0 Å². The molecule has 0 saturated heterocycles. The Balaban J connectivity index is 2.03. The quantitative estimate of drug-likeness (QED) is 0.268. The number of amides is 2. The lowest BCUT2D eigenvalue weighted by Crippen LogP contribution is -2.49. The number of nitrogens with zero attached hydrogens (tertiary/aromatic N) is 1. The number of aryl methyl sites for hydroxylation is 1. The van der Waals surface area contributed by atoms with Gasteiger partial charge < -0.3 is 20.6 Å². The number of carbonyl (C=O) groups excluding carboxylic acids is 2. The maximum Gasteiger partial charge on any atom is 0.222 e. The molecular formula is C31H45F2N3O3. The normalized spacial score (nSPS) is 13.5. The molecule has 39 heavy (non-hydrogen) atoms. The average Bonchev–Trinajstić information content (AvgIpc) is 2.87. The second-order valence-corrected chi connectivity index (χ2v) is 10.4. The van der Waals surface area contributed by atoms with Crippen molar-refractivity contribution in [1.82, 2.24) is 15.5 Å². The number of halogens is 2. The Morgan fingerprint density at radius 2 is 1.56 bits per heavy atom. The van der Waals surface area contributed by atoms with Crippen LogP contribution in [0.5, 0.6) is 0 Å². The van der Waals surface area contributed by atoms with Crippen molar-refractivity contribution in [2.24, 2.45) is 5.92 Å². The molecule has 2 aromatic carbocycles. The van der Waals surface area contributed by atoms with Crippen molar-refractivity contribution in [3.8, 4) is 0 Å². The fourth-order valence-electron chi connectivity index (χ4n) is 4.71. The van der Waals surface area contributed by atoms with Gasteiger partial charge in [0.2, 0.25) is 11.8 Å². The van der Waals surface area contributed by atoms with Gasteiger partial charge in [0.05, 0.1) is 12.1 Å². The number of hydrogen-bond donors (Lipinski definition) is 3. The number of aliphatic hydroxyl groups is 1. The van der Waals surface area contributed by atoms with Crippen molar-refractivity contribution in [3.05, 3.63) is 70.8 Å². The third kappa shape index (κ3) is 11.8. The molecule has 216 valence electrons. The van der Waals surface area contributed by atoms with Gasteiger partial charge in [-0.25, -0.2) is 8.78 Å². The van der Waals surface area contributed by atoms with Crippen molar-refractivity contribution in [3.63, 3.8) is 0 Å². The van der Waals surface area contributed by atoms with Crippen molar-refractivity contribution >= 4 is 11.8 Å². The fourth-order valence-corrected chi connectivity index (χ4v) is 4.71. The Morgan fingerprint density at radius 3 is 2.18 bits per heavy atom. The van der Waals surface area contributed by atoms with Crippen LogP contribution in [0.1, 0.15) is 70.1 Å². The van der Waals surface area contributed by atoms with Crippen molar-refractivity contribution < 1.29 is 23.5 Å². The van der Waals surface area contributed by atoms with Crippen LogP contribution in [0.25, 0.3) is 0 Å². The smallest absolute Gasteiger partial charge is 0.222 e. The molecule has 2 aromatic rings. The summed E-state index contributed by atoms with van der Waals surface area (Å²) in [7, 11) is 0. The van der Waals surface area contributed by atoms with Crippen LogP contribution in [0, 0.1) is 17.6 Å². The van der Waals surface area contributed by atoms with Gasteiger partial charge in [-0.15, -0.1) is 0 Å². The number of carbonyl (C=O) groups is 2. The van der Waals surface area contributed by atoms with E-state index in [1.54, 1.807) is 0 Å². The zero-order valence-corrected chi connectivity index (χ0v) is 23.8. The molecule has 0 fully saturated rings. The minimum atomic E-state index is -1.00. The van der Waals surface area contributed by atoms with Crippen LogP contribution < -0.4 is 10.6 Å². The summed E-state index contributed by atoms with van der Waals surface area (Å²) < 4.78 is 27.6. The molecule has 2 amide bonds. The van der Waals surface area contributed by atoms with E-state index in [4.69, 9.17) is 0 Å². The van der Waals surface area contributed by atoms with Crippen LogP contribution in [0.15, 0.2) is 42.5 Å². The zero-order valence-electron chi connectivity index (χ0n) is 23.8. The van der Waals surface area contributed by atoms with Crippen LogP contribution in [-0.2, 0) is 29.0 Å². The first-order chi connectivity index (χ1) is 18.6. The van der Waals surface area contributed by atoms with E-state index in [1.165, 1.54) is 17.7 Å². The number of benzene rings is 2. The fraction of sp³-hybridized carbons (Fsp3) is 0.548. The molecule has 0 saturated carbocycles. The van der Waals surface area contributed by atoms with Crippen LogP contribution in [0.3, 0.4) is 0 Å². The molecule has 3 atom stereocenters. The first-order valence-electron chi connectivity index (χ1n) is 14.1. The Kier molecular flexibility index (Phi) is 14.1. The van der Waals surface area contributed by atoms with Crippen LogP contribution in [-0.4, -0.2) is 53.6 Å². The molecule has 3 N–H and O–H groups in total. The van der Waals surface area contributed by atoms with Gasteiger partial charge in [-0.1, -0.05) is 52.0 Å². The van der Waals surface area contributed by atoms with Crippen molar-refractivity contribution in [2.75, 3.05) is 19.6 Å².